The van der Waals surface area contributed by atoms with Crippen LogP contribution in [0.5, 0.6) is 0 Å². The van der Waals surface area contributed by atoms with Crippen LogP contribution in [-0.4, -0.2) is 50.0 Å². The van der Waals surface area contributed by atoms with E-state index < -0.39 is 15.9 Å². The van der Waals surface area contributed by atoms with Gasteiger partial charge in [-0.05, 0) is 29.8 Å². The lowest BCUT2D eigenvalue weighted by molar-refractivity contribution is -0.124. The van der Waals surface area contributed by atoms with E-state index in [1.807, 2.05) is 24.3 Å². The van der Waals surface area contributed by atoms with Crippen LogP contribution in [0.15, 0.2) is 46.7 Å². The Balaban J connectivity index is 1.73. The zero-order valence-electron chi connectivity index (χ0n) is 14.2. The monoisotopic (exact) mass is 427 g/mol. The summed E-state index contributed by atoms with van der Waals surface area (Å²) in [7, 11) is -3.54. The molecule has 7 nitrogen and oxygen atoms in total. The normalized spacial score (nSPS) is 16.0. The molecule has 1 aliphatic heterocycles. The standard InChI is InChI=1S/C17H18ClN3O4S2/c18-15-6-8-17(26-15)27(24,25)21-11-9-20(10-12-21)14-4-2-1-3-13(14)5-7-16(22)19-23/h1-8,23H,9-12H2,(H,19,22)/b7-5+. The number of para-hydroxylation sites is 1. The summed E-state index contributed by atoms with van der Waals surface area (Å²) in [5, 5.41) is 8.60. The molecule has 0 saturated carbocycles. The summed E-state index contributed by atoms with van der Waals surface area (Å²) in [5.41, 5.74) is 3.26. The van der Waals surface area contributed by atoms with Crippen LogP contribution in [0.25, 0.3) is 6.08 Å². The number of halogens is 1. The van der Waals surface area contributed by atoms with Gasteiger partial charge in [0.15, 0.2) is 0 Å². The molecular weight excluding hydrogens is 410 g/mol. The van der Waals surface area contributed by atoms with Crippen molar-refractivity contribution in [1.29, 1.82) is 0 Å². The van der Waals surface area contributed by atoms with Crippen LogP contribution >= 0.6 is 22.9 Å². The molecule has 1 aromatic heterocycles. The molecule has 144 valence electrons. The summed E-state index contributed by atoms with van der Waals surface area (Å²) >= 11 is 6.92. The van der Waals surface area contributed by atoms with Gasteiger partial charge < -0.3 is 4.90 Å². The number of carbonyl (C=O) groups excluding carboxylic acids is 1. The first-order chi connectivity index (χ1) is 12.9. The average molecular weight is 428 g/mol. The fourth-order valence-corrected chi connectivity index (χ4v) is 5.91. The summed E-state index contributed by atoms with van der Waals surface area (Å²) in [6.07, 6.45) is 2.84. The highest BCUT2D eigenvalue weighted by Crippen LogP contribution is 2.30. The Labute approximate surface area is 166 Å². The van der Waals surface area contributed by atoms with Crippen molar-refractivity contribution in [3.63, 3.8) is 0 Å². The second kappa shape index (κ2) is 8.41. The molecule has 0 atom stereocenters. The SMILES string of the molecule is O=C(/C=C/c1ccccc1N1CCN(S(=O)(=O)c2ccc(Cl)s2)CC1)NO. The number of nitrogens with one attached hydrogen (secondary N) is 1. The van der Waals surface area contributed by atoms with Gasteiger partial charge in [-0.2, -0.15) is 4.31 Å². The average Bonchev–Trinajstić information content (AvgIpc) is 3.13. The maximum absolute atomic E-state index is 12.7. The van der Waals surface area contributed by atoms with Crippen molar-refractivity contribution in [2.75, 3.05) is 31.1 Å². The summed E-state index contributed by atoms with van der Waals surface area (Å²) in [5.74, 6) is -0.615. The first-order valence-electron chi connectivity index (χ1n) is 8.13. The Kier molecular flexibility index (Phi) is 6.18. The van der Waals surface area contributed by atoms with Crippen LogP contribution in [0.4, 0.5) is 5.69 Å². The van der Waals surface area contributed by atoms with Gasteiger partial charge in [-0.25, -0.2) is 13.9 Å². The zero-order chi connectivity index (χ0) is 19.4. The molecule has 1 fully saturated rings. The van der Waals surface area contributed by atoms with E-state index in [1.54, 1.807) is 17.6 Å². The van der Waals surface area contributed by atoms with Crippen molar-refractivity contribution in [1.82, 2.24) is 9.79 Å². The number of piperazine rings is 1. The zero-order valence-corrected chi connectivity index (χ0v) is 16.6. The predicted molar refractivity (Wildman–Crippen MR) is 106 cm³/mol. The third-order valence-electron chi connectivity index (χ3n) is 4.18. The van der Waals surface area contributed by atoms with Crippen molar-refractivity contribution in [2.45, 2.75) is 4.21 Å². The molecule has 2 N–H and O–H groups in total. The lowest BCUT2D eigenvalue weighted by Gasteiger charge is -2.35. The van der Waals surface area contributed by atoms with E-state index in [9.17, 15) is 13.2 Å². The van der Waals surface area contributed by atoms with Gasteiger partial charge in [-0.3, -0.25) is 10.0 Å². The molecule has 27 heavy (non-hydrogen) atoms. The van der Waals surface area contributed by atoms with E-state index in [4.69, 9.17) is 16.8 Å². The molecular formula is C17H18ClN3O4S2. The van der Waals surface area contributed by atoms with Gasteiger partial charge in [0.2, 0.25) is 0 Å². The molecule has 1 aromatic carbocycles. The fraction of sp³-hybridized carbons (Fsp3) is 0.235. The van der Waals surface area contributed by atoms with Crippen LogP contribution in [-0.2, 0) is 14.8 Å². The Hall–Kier alpha value is -1.91. The predicted octanol–water partition coefficient (Wildman–Crippen LogP) is 2.43. The molecule has 0 aliphatic carbocycles. The quantitative estimate of drug-likeness (QED) is 0.434. The minimum Gasteiger partial charge on any atom is -0.368 e. The first-order valence-corrected chi connectivity index (χ1v) is 10.8. The number of benzene rings is 1. The minimum atomic E-state index is -3.54. The van der Waals surface area contributed by atoms with Gasteiger partial charge in [0, 0.05) is 37.9 Å². The third kappa shape index (κ3) is 4.50. The fourth-order valence-electron chi connectivity index (χ4n) is 2.85. The lowest BCUT2D eigenvalue weighted by Crippen LogP contribution is -2.48. The number of rotatable bonds is 5. The number of nitrogens with zero attached hydrogens (tertiary/aromatic N) is 2. The molecule has 1 aliphatic rings. The Bertz CT molecular complexity index is 951. The van der Waals surface area contributed by atoms with Crippen molar-refractivity contribution in [2.24, 2.45) is 0 Å². The van der Waals surface area contributed by atoms with Crippen molar-refractivity contribution in [3.05, 3.63) is 52.4 Å². The second-order valence-corrected chi connectivity index (χ2v) is 9.70. The highest BCUT2D eigenvalue weighted by molar-refractivity contribution is 7.91. The molecule has 0 unspecified atom stereocenters. The van der Waals surface area contributed by atoms with E-state index >= 15 is 0 Å². The molecule has 0 radical (unpaired) electrons. The molecule has 10 heteroatoms. The Morgan fingerprint density at radius 1 is 1.15 bits per heavy atom. The summed E-state index contributed by atoms with van der Waals surface area (Å²) in [6.45, 7) is 1.75. The van der Waals surface area contributed by atoms with Gasteiger partial charge in [0.05, 0.1) is 4.34 Å². The van der Waals surface area contributed by atoms with Gasteiger partial charge in [-0.1, -0.05) is 29.8 Å². The first kappa shape index (κ1) is 19.8. The largest absolute Gasteiger partial charge is 0.368 e. The Morgan fingerprint density at radius 2 is 1.85 bits per heavy atom. The number of anilines is 1. The summed E-state index contributed by atoms with van der Waals surface area (Å²) in [4.78, 5) is 13.3. The molecule has 0 bridgehead atoms. The second-order valence-electron chi connectivity index (χ2n) is 5.82. The molecule has 1 amide bonds. The molecule has 1 saturated heterocycles. The van der Waals surface area contributed by atoms with Crippen molar-refractivity contribution < 1.29 is 18.4 Å². The smallest absolute Gasteiger partial charge is 0.267 e. The third-order valence-corrected chi connectivity index (χ3v) is 7.78. The van der Waals surface area contributed by atoms with E-state index in [1.165, 1.54) is 16.4 Å². The van der Waals surface area contributed by atoms with E-state index in [0.29, 0.717) is 30.5 Å². The number of hydrogen-bond acceptors (Lipinski definition) is 6. The number of hydroxylamine groups is 1. The molecule has 2 aromatic rings. The number of amides is 1. The topological polar surface area (TPSA) is 90.0 Å². The highest BCUT2D eigenvalue weighted by Gasteiger charge is 2.30. The maximum Gasteiger partial charge on any atom is 0.267 e. The number of hydrogen-bond donors (Lipinski definition) is 2. The summed E-state index contributed by atoms with van der Waals surface area (Å²) < 4.78 is 27.6. The van der Waals surface area contributed by atoms with Crippen molar-refractivity contribution >= 4 is 50.6 Å². The number of carbonyl (C=O) groups is 1. The molecule has 2 heterocycles. The van der Waals surface area contributed by atoms with Crippen molar-refractivity contribution in [3.8, 4) is 0 Å². The maximum atomic E-state index is 12.7. The van der Waals surface area contributed by atoms with E-state index in [0.717, 1.165) is 22.6 Å². The van der Waals surface area contributed by atoms with Crippen LogP contribution in [0.2, 0.25) is 4.34 Å². The Morgan fingerprint density at radius 3 is 2.48 bits per heavy atom. The van der Waals surface area contributed by atoms with E-state index in [-0.39, 0.29) is 4.21 Å². The van der Waals surface area contributed by atoms with Crippen LogP contribution in [0.1, 0.15) is 5.56 Å². The van der Waals surface area contributed by atoms with Gasteiger partial charge in [0.1, 0.15) is 4.21 Å². The van der Waals surface area contributed by atoms with Gasteiger partial charge in [-0.15, -0.1) is 11.3 Å². The van der Waals surface area contributed by atoms with Gasteiger partial charge >= 0.3 is 0 Å². The van der Waals surface area contributed by atoms with E-state index in [2.05, 4.69) is 4.90 Å². The number of sulfonamides is 1. The highest BCUT2D eigenvalue weighted by atomic mass is 35.5. The van der Waals surface area contributed by atoms with Gasteiger partial charge in [0.25, 0.3) is 15.9 Å². The van der Waals surface area contributed by atoms with Crippen LogP contribution < -0.4 is 10.4 Å². The molecule has 0 spiro atoms. The van der Waals surface area contributed by atoms with Crippen LogP contribution in [0.3, 0.4) is 0 Å². The summed E-state index contributed by atoms with van der Waals surface area (Å²) in [6, 6.07) is 10.6. The lowest BCUT2D eigenvalue weighted by atomic mass is 10.1. The molecule has 3 rings (SSSR count). The minimum absolute atomic E-state index is 0.249. The van der Waals surface area contributed by atoms with Crippen LogP contribution in [0, 0.1) is 0 Å². The number of thiophene rings is 1.